The van der Waals surface area contributed by atoms with E-state index in [0.29, 0.717) is 11.2 Å². The molecule has 4 rings (SSSR count). The van der Waals surface area contributed by atoms with E-state index >= 15 is 0 Å². The average Bonchev–Trinajstić information content (AvgIpc) is 3.46. The fourth-order valence-corrected chi connectivity index (χ4v) is 5.58. The minimum Gasteiger partial charge on any atom is -0.465 e. The molecule has 0 aliphatic carbocycles. The van der Waals surface area contributed by atoms with Crippen LogP contribution in [0.2, 0.25) is 0 Å². The van der Waals surface area contributed by atoms with Gasteiger partial charge in [-0.15, -0.1) is 0 Å². The number of aromatic nitrogens is 3. The number of aliphatic hydroxyl groups is 1. The second-order valence-electron chi connectivity index (χ2n) is 9.83. The third-order valence-electron chi connectivity index (χ3n) is 6.35. The van der Waals surface area contributed by atoms with E-state index in [4.69, 9.17) is 29.0 Å². The van der Waals surface area contributed by atoms with Crippen molar-refractivity contribution in [2.45, 2.75) is 51.6 Å². The van der Waals surface area contributed by atoms with Crippen LogP contribution < -0.4 is 15.3 Å². The number of nitrogens with zero attached hydrogens (tertiary/aromatic N) is 3. The molecule has 5 atom stereocenters. The van der Waals surface area contributed by atoms with Crippen LogP contribution in [0.1, 0.15) is 39.5 Å². The lowest BCUT2D eigenvalue weighted by Crippen LogP contribution is -2.47. The molecule has 1 aliphatic heterocycles. The number of benzene rings is 1. The van der Waals surface area contributed by atoms with Crippen molar-refractivity contribution < 1.29 is 42.5 Å². The number of hydrogen-bond acceptors (Lipinski definition) is 12. The van der Waals surface area contributed by atoms with Crippen molar-refractivity contribution in [2.75, 3.05) is 25.5 Å². The van der Waals surface area contributed by atoms with Crippen molar-refractivity contribution in [1.82, 2.24) is 19.7 Å². The standard InChI is InChI=1S/C26H34N5O9P/c1-5-36-21(32)13-30-41(35,40-17-9-7-6-8-10-17)37-14-20-23(39-25(33)16(2)3)26(4,34)22(38-20)18-11-12-19-24(27)28-15-29-31(18)19/h6-12,15-16,20,22-23,34H,5,13-14H2,1-4H3,(H,30,35)(H2,27,28,29)/t20-,22+,23-,26+,41?/m1/s1. The molecule has 0 saturated carbocycles. The van der Waals surface area contributed by atoms with Crippen LogP contribution in [0.15, 0.2) is 48.8 Å². The first kappa shape index (κ1) is 30.4. The number of anilines is 1. The Morgan fingerprint density at radius 2 is 1.98 bits per heavy atom. The average molecular weight is 592 g/mol. The van der Waals surface area contributed by atoms with Crippen LogP contribution in [0.25, 0.3) is 5.52 Å². The highest BCUT2D eigenvalue weighted by atomic mass is 31.2. The lowest BCUT2D eigenvalue weighted by molar-refractivity contribution is -0.166. The van der Waals surface area contributed by atoms with Crippen LogP contribution in [0.4, 0.5) is 5.82 Å². The van der Waals surface area contributed by atoms with E-state index in [1.807, 2.05) is 0 Å². The molecule has 41 heavy (non-hydrogen) atoms. The zero-order chi connectivity index (χ0) is 29.8. The fraction of sp³-hybridized carbons (Fsp3) is 0.462. The maximum Gasteiger partial charge on any atom is 0.459 e. The van der Waals surface area contributed by atoms with Gasteiger partial charge in [0.15, 0.2) is 11.9 Å². The summed E-state index contributed by atoms with van der Waals surface area (Å²) in [5, 5.41) is 18.4. The van der Waals surface area contributed by atoms with Gasteiger partial charge in [-0.1, -0.05) is 32.0 Å². The Hall–Kier alpha value is -3.55. The van der Waals surface area contributed by atoms with Gasteiger partial charge in [0.2, 0.25) is 0 Å². The van der Waals surface area contributed by atoms with E-state index in [0.717, 1.165) is 0 Å². The smallest absolute Gasteiger partial charge is 0.459 e. The van der Waals surface area contributed by atoms with Crippen molar-refractivity contribution in [3.05, 3.63) is 54.5 Å². The molecule has 2 aromatic heterocycles. The number of rotatable bonds is 12. The van der Waals surface area contributed by atoms with Gasteiger partial charge in [0.05, 0.1) is 24.8 Å². The SMILES string of the molecule is CCOC(=O)CNP(=O)(OC[C@H]1O[C@@H](c2ccc3c(N)ncnn23)[C@](C)(O)[C@@H]1OC(=O)C(C)C)Oc1ccccc1. The van der Waals surface area contributed by atoms with Crippen molar-refractivity contribution in [1.29, 1.82) is 0 Å². The molecule has 222 valence electrons. The molecule has 14 nitrogen and oxygen atoms in total. The summed E-state index contributed by atoms with van der Waals surface area (Å²) in [5.74, 6) is -1.33. The van der Waals surface area contributed by atoms with E-state index in [1.165, 1.54) is 17.8 Å². The Balaban J connectivity index is 1.62. The molecule has 1 aromatic carbocycles. The summed E-state index contributed by atoms with van der Waals surface area (Å²) in [6.45, 7) is 5.61. The Morgan fingerprint density at radius 3 is 2.66 bits per heavy atom. The van der Waals surface area contributed by atoms with Crippen LogP contribution >= 0.6 is 7.75 Å². The number of carbonyl (C=O) groups excluding carboxylic acids is 2. The Labute approximate surface area is 236 Å². The van der Waals surface area contributed by atoms with E-state index in [2.05, 4.69) is 15.2 Å². The maximum atomic E-state index is 13.7. The molecule has 1 aliphatic rings. The molecule has 3 aromatic rings. The van der Waals surface area contributed by atoms with E-state index in [-0.39, 0.29) is 18.2 Å². The number of nitrogens with two attached hydrogens (primary N) is 1. The van der Waals surface area contributed by atoms with Crippen LogP contribution in [-0.2, 0) is 32.9 Å². The van der Waals surface area contributed by atoms with Crippen molar-refractivity contribution in [3.63, 3.8) is 0 Å². The topological polar surface area (TPSA) is 186 Å². The highest BCUT2D eigenvalue weighted by Crippen LogP contribution is 2.48. The number of esters is 2. The van der Waals surface area contributed by atoms with Gasteiger partial charge in [0.1, 0.15) is 41.9 Å². The normalized spacial score (nSPS) is 23.8. The number of fused-ring (bicyclic) bond motifs is 1. The second kappa shape index (κ2) is 12.5. The summed E-state index contributed by atoms with van der Waals surface area (Å²) in [7, 11) is -4.21. The predicted molar refractivity (Wildman–Crippen MR) is 146 cm³/mol. The van der Waals surface area contributed by atoms with Crippen LogP contribution in [0.5, 0.6) is 5.75 Å². The first-order valence-corrected chi connectivity index (χ1v) is 14.6. The molecule has 4 N–H and O–H groups in total. The van der Waals surface area contributed by atoms with Gasteiger partial charge in [0.25, 0.3) is 0 Å². The molecule has 0 spiro atoms. The van der Waals surface area contributed by atoms with Crippen molar-refractivity contribution in [2.24, 2.45) is 5.92 Å². The summed E-state index contributed by atoms with van der Waals surface area (Å²) < 4.78 is 43.4. The number of hydrogen-bond donors (Lipinski definition) is 3. The fourth-order valence-electron chi connectivity index (χ4n) is 4.30. The first-order valence-electron chi connectivity index (χ1n) is 13.0. The maximum absolute atomic E-state index is 13.7. The summed E-state index contributed by atoms with van der Waals surface area (Å²) in [6, 6.07) is 11.6. The van der Waals surface area contributed by atoms with Gasteiger partial charge < -0.3 is 29.6 Å². The number of nitrogen functional groups attached to an aromatic ring is 1. The van der Waals surface area contributed by atoms with Gasteiger partial charge in [0, 0.05) is 0 Å². The van der Waals surface area contributed by atoms with Crippen molar-refractivity contribution >= 4 is 31.0 Å². The van der Waals surface area contributed by atoms with E-state index in [1.54, 1.807) is 63.2 Å². The van der Waals surface area contributed by atoms with Crippen LogP contribution in [0.3, 0.4) is 0 Å². The van der Waals surface area contributed by atoms with E-state index < -0.39 is 62.7 Å². The highest BCUT2D eigenvalue weighted by Gasteiger charge is 2.57. The molecule has 3 heterocycles. The van der Waals surface area contributed by atoms with Gasteiger partial charge in [-0.3, -0.25) is 14.1 Å². The summed E-state index contributed by atoms with van der Waals surface area (Å²) in [6.07, 6.45) is -2.17. The Morgan fingerprint density at radius 1 is 1.24 bits per heavy atom. The molecule has 1 fully saturated rings. The largest absolute Gasteiger partial charge is 0.465 e. The van der Waals surface area contributed by atoms with Crippen LogP contribution in [0, 0.1) is 5.92 Å². The monoisotopic (exact) mass is 591 g/mol. The third kappa shape index (κ3) is 6.85. The van der Waals surface area contributed by atoms with Gasteiger partial charge in [-0.05, 0) is 38.1 Å². The summed E-state index contributed by atoms with van der Waals surface area (Å²) >= 11 is 0. The highest BCUT2D eigenvalue weighted by molar-refractivity contribution is 7.52. The Bertz CT molecular complexity index is 1410. The molecule has 0 radical (unpaired) electrons. The lowest BCUT2D eigenvalue weighted by atomic mass is 9.91. The molecule has 1 unspecified atom stereocenters. The number of carbonyl (C=O) groups is 2. The van der Waals surface area contributed by atoms with E-state index in [9.17, 15) is 19.3 Å². The van der Waals surface area contributed by atoms with Gasteiger partial charge in [-0.25, -0.2) is 19.2 Å². The number of nitrogens with one attached hydrogen (secondary N) is 1. The lowest BCUT2D eigenvalue weighted by Gasteiger charge is -2.30. The first-order chi connectivity index (χ1) is 19.4. The molecular weight excluding hydrogens is 557 g/mol. The van der Waals surface area contributed by atoms with Gasteiger partial charge >= 0.3 is 19.7 Å². The quantitative estimate of drug-likeness (QED) is 0.206. The third-order valence-corrected chi connectivity index (χ3v) is 7.84. The molecule has 15 heteroatoms. The predicted octanol–water partition coefficient (Wildman–Crippen LogP) is 2.43. The molecular formula is C26H34N5O9P. The molecule has 1 saturated heterocycles. The minimum atomic E-state index is -4.21. The number of para-hydroxylation sites is 1. The number of ether oxygens (including phenoxy) is 3. The zero-order valence-corrected chi connectivity index (χ0v) is 24.0. The Kier molecular flexibility index (Phi) is 9.30. The molecule has 0 bridgehead atoms. The van der Waals surface area contributed by atoms with Gasteiger partial charge in [-0.2, -0.15) is 5.10 Å². The molecule has 0 amide bonds. The summed E-state index contributed by atoms with van der Waals surface area (Å²) in [5.41, 5.74) is 5.09. The van der Waals surface area contributed by atoms with Crippen LogP contribution in [-0.4, -0.2) is 69.2 Å². The summed E-state index contributed by atoms with van der Waals surface area (Å²) in [4.78, 5) is 28.6. The minimum absolute atomic E-state index is 0.130. The van der Waals surface area contributed by atoms with Crippen molar-refractivity contribution in [3.8, 4) is 5.75 Å². The second-order valence-corrected chi connectivity index (χ2v) is 11.6. The zero-order valence-electron chi connectivity index (χ0n) is 23.1.